The van der Waals surface area contributed by atoms with Gasteiger partial charge in [-0.05, 0) is 62.8 Å². The molecule has 3 rings (SSSR count). The van der Waals surface area contributed by atoms with Crippen LogP contribution in [0.25, 0.3) is 6.08 Å². The molecule has 23 heavy (non-hydrogen) atoms. The van der Waals surface area contributed by atoms with Crippen LogP contribution in [0.1, 0.15) is 18.5 Å². The van der Waals surface area contributed by atoms with Gasteiger partial charge >= 0.3 is 0 Å². The molecule has 1 aromatic heterocycles. The summed E-state index contributed by atoms with van der Waals surface area (Å²) in [5.74, 6) is 0.804. The highest BCUT2D eigenvalue weighted by atomic mass is 32.2. The second kappa shape index (κ2) is 7.10. The summed E-state index contributed by atoms with van der Waals surface area (Å²) >= 11 is 0.887. The largest absolute Gasteiger partial charge is 0.354 e. The fourth-order valence-electron chi connectivity index (χ4n) is 2.60. The summed E-state index contributed by atoms with van der Waals surface area (Å²) < 4.78 is 0. The number of nitrogens with zero attached hydrogens (tertiary/aromatic N) is 3. The molecule has 0 atom stereocenters. The van der Waals surface area contributed by atoms with Crippen LogP contribution in [-0.4, -0.2) is 52.7 Å². The Morgan fingerprint density at radius 3 is 2.91 bits per heavy atom. The van der Waals surface area contributed by atoms with Crippen molar-refractivity contribution in [3.8, 4) is 0 Å². The number of hydrogen-bond acceptors (Lipinski definition) is 7. The molecule has 2 aliphatic heterocycles. The van der Waals surface area contributed by atoms with Crippen molar-refractivity contribution in [2.75, 3.05) is 32.0 Å². The van der Waals surface area contributed by atoms with Crippen LogP contribution in [0, 0.1) is 5.92 Å². The molecular weight excluding hydrogens is 314 g/mol. The highest BCUT2D eigenvalue weighted by Crippen LogP contribution is 2.25. The summed E-state index contributed by atoms with van der Waals surface area (Å²) in [6, 6.07) is 1.71. The number of thioether (sulfide) groups is 1. The van der Waals surface area contributed by atoms with Crippen molar-refractivity contribution >= 4 is 34.9 Å². The average molecular weight is 333 g/mol. The molecule has 0 aliphatic carbocycles. The normalized spacial score (nSPS) is 21.7. The molecule has 0 aromatic carbocycles. The maximum Gasteiger partial charge on any atom is 0.290 e. The number of imide groups is 1. The number of aromatic nitrogens is 2. The Kier molecular flexibility index (Phi) is 4.92. The predicted octanol–water partition coefficient (Wildman–Crippen LogP) is 1.55. The average Bonchev–Trinajstić information content (AvgIpc) is 2.85. The van der Waals surface area contributed by atoms with Gasteiger partial charge in [-0.3, -0.25) is 14.9 Å². The first kappa shape index (κ1) is 15.9. The van der Waals surface area contributed by atoms with Crippen LogP contribution in [0.5, 0.6) is 0 Å². The van der Waals surface area contributed by atoms with Crippen molar-refractivity contribution in [3.63, 3.8) is 0 Å². The van der Waals surface area contributed by atoms with E-state index in [0.29, 0.717) is 22.5 Å². The molecule has 0 bridgehead atoms. The fourth-order valence-corrected chi connectivity index (χ4v) is 3.26. The second-order valence-electron chi connectivity index (χ2n) is 5.78. The van der Waals surface area contributed by atoms with Gasteiger partial charge in [-0.1, -0.05) is 0 Å². The molecule has 0 saturated carbocycles. The molecular formula is C15H19N5O2S. The summed E-state index contributed by atoms with van der Waals surface area (Å²) in [5.41, 5.74) is 0.609. The number of likely N-dealkylation sites (tertiary alicyclic amines) is 1. The zero-order valence-electron chi connectivity index (χ0n) is 12.9. The van der Waals surface area contributed by atoms with Gasteiger partial charge in [0.1, 0.15) is 0 Å². The zero-order chi connectivity index (χ0) is 16.2. The minimum Gasteiger partial charge on any atom is -0.354 e. The predicted molar refractivity (Wildman–Crippen MR) is 89.8 cm³/mol. The van der Waals surface area contributed by atoms with Crippen LogP contribution in [0.4, 0.5) is 10.7 Å². The molecule has 2 saturated heterocycles. The molecule has 0 radical (unpaired) electrons. The number of hydrogen-bond donors (Lipinski definition) is 2. The SMILES string of the molecule is CN1CCC(CNc2nccc(/C=C3/SC(=O)NC3=O)n2)CC1. The van der Waals surface area contributed by atoms with E-state index in [-0.39, 0.29) is 11.1 Å². The Hall–Kier alpha value is -1.93. The van der Waals surface area contributed by atoms with Gasteiger partial charge in [0.15, 0.2) is 0 Å². The zero-order valence-corrected chi connectivity index (χ0v) is 13.7. The van der Waals surface area contributed by atoms with Crippen molar-refractivity contribution < 1.29 is 9.59 Å². The first-order valence-electron chi connectivity index (χ1n) is 7.60. The minimum absolute atomic E-state index is 0.351. The first-order valence-corrected chi connectivity index (χ1v) is 8.42. The minimum atomic E-state index is -0.376. The molecule has 0 unspecified atom stereocenters. The maximum absolute atomic E-state index is 11.5. The second-order valence-corrected chi connectivity index (χ2v) is 6.80. The van der Waals surface area contributed by atoms with E-state index in [2.05, 4.69) is 32.5 Å². The number of nitrogens with one attached hydrogen (secondary N) is 2. The summed E-state index contributed by atoms with van der Waals surface area (Å²) in [6.07, 6.45) is 5.60. The topological polar surface area (TPSA) is 87.2 Å². The van der Waals surface area contributed by atoms with E-state index in [1.807, 2.05) is 0 Å². The van der Waals surface area contributed by atoms with E-state index < -0.39 is 0 Å². The van der Waals surface area contributed by atoms with E-state index in [0.717, 1.165) is 31.4 Å². The first-order chi connectivity index (χ1) is 11.1. The number of amides is 2. The molecule has 2 amide bonds. The van der Waals surface area contributed by atoms with E-state index in [1.165, 1.54) is 12.8 Å². The van der Waals surface area contributed by atoms with Crippen LogP contribution < -0.4 is 10.6 Å². The van der Waals surface area contributed by atoms with Gasteiger partial charge in [-0.15, -0.1) is 0 Å². The Morgan fingerprint density at radius 2 is 2.22 bits per heavy atom. The lowest BCUT2D eigenvalue weighted by Crippen LogP contribution is -2.33. The highest BCUT2D eigenvalue weighted by molar-refractivity contribution is 8.18. The van der Waals surface area contributed by atoms with Gasteiger partial charge in [0.05, 0.1) is 10.6 Å². The number of piperidine rings is 1. The Labute approximate surface area is 138 Å². The Bertz CT molecular complexity index is 641. The third kappa shape index (κ3) is 4.29. The fraction of sp³-hybridized carbons (Fsp3) is 0.467. The van der Waals surface area contributed by atoms with Gasteiger partial charge in [0.25, 0.3) is 11.1 Å². The van der Waals surface area contributed by atoms with Crippen LogP contribution in [0.2, 0.25) is 0 Å². The van der Waals surface area contributed by atoms with Gasteiger partial charge in [-0.25, -0.2) is 9.97 Å². The molecule has 2 aliphatic rings. The number of carbonyl (C=O) groups is 2. The van der Waals surface area contributed by atoms with Crippen LogP contribution in [0.3, 0.4) is 0 Å². The van der Waals surface area contributed by atoms with Crippen LogP contribution in [-0.2, 0) is 4.79 Å². The maximum atomic E-state index is 11.5. The number of rotatable bonds is 4. The lowest BCUT2D eigenvalue weighted by atomic mass is 9.97. The summed E-state index contributed by atoms with van der Waals surface area (Å²) in [7, 11) is 2.14. The van der Waals surface area contributed by atoms with Gasteiger partial charge in [-0.2, -0.15) is 0 Å². The third-order valence-electron chi connectivity index (χ3n) is 3.99. The van der Waals surface area contributed by atoms with Crippen molar-refractivity contribution in [1.82, 2.24) is 20.2 Å². The van der Waals surface area contributed by atoms with Crippen molar-refractivity contribution in [1.29, 1.82) is 0 Å². The summed E-state index contributed by atoms with van der Waals surface area (Å²) in [6.45, 7) is 3.10. The molecule has 8 heteroatoms. The van der Waals surface area contributed by atoms with Gasteiger partial charge < -0.3 is 10.2 Å². The molecule has 7 nitrogen and oxygen atoms in total. The monoisotopic (exact) mass is 333 g/mol. The van der Waals surface area contributed by atoms with Crippen LogP contribution >= 0.6 is 11.8 Å². The molecule has 1 aromatic rings. The molecule has 3 heterocycles. The molecule has 122 valence electrons. The molecule has 0 spiro atoms. The summed E-state index contributed by atoms with van der Waals surface area (Å²) in [4.78, 5) is 34.0. The standard InChI is InChI=1S/C15H19N5O2S/c1-20-6-3-10(4-7-20)9-17-14-16-5-2-11(18-14)8-12-13(21)19-15(22)23-12/h2,5,8,10H,3-4,6-7,9H2,1H3,(H,16,17,18)(H,19,21,22)/b12-8+. The van der Waals surface area contributed by atoms with E-state index in [1.54, 1.807) is 18.3 Å². The van der Waals surface area contributed by atoms with Crippen molar-refractivity contribution in [3.05, 3.63) is 22.9 Å². The van der Waals surface area contributed by atoms with E-state index >= 15 is 0 Å². The van der Waals surface area contributed by atoms with E-state index in [9.17, 15) is 9.59 Å². The van der Waals surface area contributed by atoms with Crippen molar-refractivity contribution in [2.45, 2.75) is 12.8 Å². The smallest absolute Gasteiger partial charge is 0.290 e. The van der Waals surface area contributed by atoms with Crippen molar-refractivity contribution in [2.24, 2.45) is 5.92 Å². The van der Waals surface area contributed by atoms with Crippen LogP contribution in [0.15, 0.2) is 17.2 Å². The third-order valence-corrected chi connectivity index (χ3v) is 4.80. The highest BCUT2D eigenvalue weighted by Gasteiger charge is 2.25. The summed E-state index contributed by atoms with van der Waals surface area (Å²) in [5, 5.41) is 5.15. The Morgan fingerprint density at radius 1 is 1.43 bits per heavy atom. The number of anilines is 1. The quantitative estimate of drug-likeness (QED) is 0.808. The molecule has 2 fully saturated rings. The lowest BCUT2D eigenvalue weighted by molar-refractivity contribution is -0.115. The Balaban J connectivity index is 1.60. The number of carbonyl (C=O) groups excluding carboxylic acids is 2. The van der Waals surface area contributed by atoms with E-state index in [4.69, 9.17) is 0 Å². The van der Waals surface area contributed by atoms with Gasteiger partial charge in [0.2, 0.25) is 5.95 Å². The molecule has 2 N–H and O–H groups in total. The van der Waals surface area contributed by atoms with Gasteiger partial charge in [0, 0.05) is 12.7 Å². The lowest BCUT2D eigenvalue weighted by Gasteiger charge is -2.28.